The summed E-state index contributed by atoms with van der Waals surface area (Å²) in [5.74, 6) is 1.96. The third-order valence-corrected chi connectivity index (χ3v) is 4.18. The van der Waals surface area contributed by atoms with Crippen molar-refractivity contribution in [3.05, 3.63) is 0 Å². The van der Waals surface area contributed by atoms with Crippen molar-refractivity contribution in [2.24, 2.45) is 17.8 Å². The Morgan fingerprint density at radius 1 is 1.00 bits per heavy atom. The van der Waals surface area contributed by atoms with E-state index in [1.54, 1.807) is 0 Å². The predicted octanol–water partition coefficient (Wildman–Crippen LogP) is 4.34. The van der Waals surface area contributed by atoms with Crippen LogP contribution in [0.5, 0.6) is 0 Å². The van der Waals surface area contributed by atoms with Gasteiger partial charge in [0.15, 0.2) is 0 Å². The highest BCUT2D eigenvalue weighted by atomic mass is 16.2. The molecule has 0 heterocycles. The van der Waals surface area contributed by atoms with Crippen molar-refractivity contribution in [3.63, 3.8) is 0 Å². The zero-order valence-corrected chi connectivity index (χ0v) is 13.5. The number of carbonyl (C=O) groups excluding carboxylic acids is 1. The SMILES string of the molecule is CCC(C)C(C(CC)CC)N(C)C(=O)CC(C)C. The van der Waals surface area contributed by atoms with Crippen molar-refractivity contribution in [1.29, 1.82) is 0 Å². The van der Waals surface area contributed by atoms with Gasteiger partial charge in [0.05, 0.1) is 0 Å². The summed E-state index contributed by atoms with van der Waals surface area (Å²) < 4.78 is 0. The molecule has 0 saturated carbocycles. The minimum atomic E-state index is 0.308. The van der Waals surface area contributed by atoms with Gasteiger partial charge >= 0.3 is 0 Å². The first-order valence-corrected chi connectivity index (χ1v) is 7.64. The van der Waals surface area contributed by atoms with Crippen LogP contribution in [0.3, 0.4) is 0 Å². The summed E-state index contributed by atoms with van der Waals surface area (Å²) in [6.07, 6.45) is 4.12. The lowest BCUT2D eigenvalue weighted by Gasteiger charge is -2.38. The van der Waals surface area contributed by atoms with E-state index in [4.69, 9.17) is 0 Å². The van der Waals surface area contributed by atoms with Crippen LogP contribution in [0.2, 0.25) is 0 Å². The van der Waals surface area contributed by atoms with Gasteiger partial charge in [-0.2, -0.15) is 0 Å². The molecule has 0 aromatic carbocycles. The summed E-state index contributed by atoms with van der Waals surface area (Å²) in [5.41, 5.74) is 0. The van der Waals surface area contributed by atoms with Gasteiger partial charge in [0.1, 0.15) is 0 Å². The second-order valence-corrected chi connectivity index (χ2v) is 6.06. The molecule has 0 aliphatic heterocycles. The maximum atomic E-state index is 12.3. The molecule has 108 valence electrons. The molecular formula is C16H33NO. The van der Waals surface area contributed by atoms with E-state index in [0.717, 1.165) is 19.3 Å². The molecular weight excluding hydrogens is 222 g/mol. The van der Waals surface area contributed by atoms with E-state index in [9.17, 15) is 4.79 Å². The van der Waals surface area contributed by atoms with Crippen LogP contribution in [0.4, 0.5) is 0 Å². The maximum Gasteiger partial charge on any atom is 0.222 e. The molecule has 2 unspecified atom stereocenters. The molecule has 0 aliphatic carbocycles. The molecule has 0 spiro atoms. The van der Waals surface area contributed by atoms with Crippen LogP contribution in [0.15, 0.2) is 0 Å². The summed E-state index contributed by atoms with van der Waals surface area (Å²) in [4.78, 5) is 14.3. The quantitative estimate of drug-likeness (QED) is 0.631. The molecule has 0 bridgehead atoms. The molecule has 2 nitrogen and oxygen atoms in total. The Hall–Kier alpha value is -0.530. The van der Waals surface area contributed by atoms with Crippen molar-refractivity contribution in [2.75, 3.05) is 7.05 Å². The van der Waals surface area contributed by atoms with Gasteiger partial charge in [-0.15, -0.1) is 0 Å². The fourth-order valence-electron chi connectivity index (χ4n) is 2.84. The monoisotopic (exact) mass is 255 g/mol. The first-order valence-electron chi connectivity index (χ1n) is 7.64. The molecule has 0 N–H and O–H groups in total. The van der Waals surface area contributed by atoms with Gasteiger partial charge in [-0.05, 0) is 17.8 Å². The normalized spacial score (nSPS) is 14.9. The van der Waals surface area contributed by atoms with Crippen molar-refractivity contribution in [1.82, 2.24) is 4.90 Å². The standard InChI is InChI=1S/C16H33NO/c1-8-13(6)16(14(9-2)10-3)17(7)15(18)11-12(4)5/h12-14,16H,8-11H2,1-7H3. The molecule has 2 atom stereocenters. The molecule has 1 amide bonds. The van der Waals surface area contributed by atoms with Crippen molar-refractivity contribution >= 4 is 5.91 Å². The number of amides is 1. The van der Waals surface area contributed by atoms with Crippen LogP contribution >= 0.6 is 0 Å². The van der Waals surface area contributed by atoms with Gasteiger partial charge in [0.2, 0.25) is 5.91 Å². The smallest absolute Gasteiger partial charge is 0.222 e. The third kappa shape index (κ3) is 4.99. The molecule has 0 aliphatic rings. The lowest BCUT2D eigenvalue weighted by Crippen LogP contribution is -2.45. The van der Waals surface area contributed by atoms with E-state index < -0.39 is 0 Å². The van der Waals surface area contributed by atoms with Gasteiger partial charge in [-0.1, -0.05) is 60.8 Å². The van der Waals surface area contributed by atoms with Crippen LogP contribution in [-0.2, 0) is 4.79 Å². The van der Waals surface area contributed by atoms with E-state index in [-0.39, 0.29) is 0 Å². The zero-order chi connectivity index (χ0) is 14.3. The maximum absolute atomic E-state index is 12.3. The van der Waals surface area contributed by atoms with Crippen molar-refractivity contribution in [2.45, 2.75) is 73.3 Å². The Bertz CT molecular complexity index is 233. The topological polar surface area (TPSA) is 20.3 Å². The molecule has 18 heavy (non-hydrogen) atoms. The second kappa shape index (κ2) is 8.55. The van der Waals surface area contributed by atoms with Crippen LogP contribution in [0.25, 0.3) is 0 Å². The first kappa shape index (κ1) is 17.5. The summed E-state index contributed by atoms with van der Waals surface area (Å²) in [7, 11) is 2.00. The Morgan fingerprint density at radius 2 is 1.50 bits per heavy atom. The Labute approximate surface area is 114 Å². The molecule has 0 radical (unpaired) electrons. The summed E-state index contributed by atoms with van der Waals surface area (Å²) in [6, 6.07) is 0.399. The van der Waals surface area contributed by atoms with E-state index in [1.165, 1.54) is 0 Å². The zero-order valence-electron chi connectivity index (χ0n) is 13.5. The van der Waals surface area contributed by atoms with Gasteiger partial charge < -0.3 is 4.90 Å². The summed E-state index contributed by atoms with van der Waals surface area (Å²) >= 11 is 0. The highest BCUT2D eigenvalue weighted by molar-refractivity contribution is 5.76. The molecule has 0 saturated heterocycles. The van der Waals surface area contributed by atoms with Crippen molar-refractivity contribution < 1.29 is 4.79 Å². The van der Waals surface area contributed by atoms with Crippen LogP contribution in [0, 0.1) is 17.8 Å². The number of hydrogen-bond acceptors (Lipinski definition) is 1. The lowest BCUT2D eigenvalue weighted by molar-refractivity contribution is -0.135. The first-order chi connectivity index (χ1) is 8.38. The van der Waals surface area contributed by atoms with Crippen LogP contribution < -0.4 is 0 Å². The minimum Gasteiger partial charge on any atom is -0.342 e. The molecule has 0 fully saturated rings. The highest BCUT2D eigenvalue weighted by Gasteiger charge is 2.30. The van der Waals surface area contributed by atoms with E-state index >= 15 is 0 Å². The number of carbonyl (C=O) groups is 1. The fraction of sp³-hybridized carbons (Fsp3) is 0.938. The molecule has 0 aromatic rings. The molecule has 2 heteroatoms. The molecule has 0 rings (SSSR count). The average molecular weight is 255 g/mol. The Balaban J connectivity index is 4.89. The second-order valence-electron chi connectivity index (χ2n) is 6.06. The Morgan fingerprint density at radius 3 is 1.83 bits per heavy atom. The third-order valence-electron chi connectivity index (χ3n) is 4.18. The highest BCUT2D eigenvalue weighted by Crippen LogP contribution is 2.27. The number of rotatable bonds is 8. The lowest BCUT2D eigenvalue weighted by atomic mass is 9.83. The largest absolute Gasteiger partial charge is 0.342 e. The number of hydrogen-bond donors (Lipinski definition) is 0. The van der Waals surface area contributed by atoms with Crippen molar-refractivity contribution in [3.8, 4) is 0 Å². The van der Waals surface area contributed by atoms with Crippen LogP contribution in [0.1, 0.15) is 67.2 Å². The number of nitrogens with zero attached hydrogens (tertiary/aromatic N) is 1. The van der Waals surface area contributed by atoms with Gasteiger partial charge in [-0.3, -0.25) is 4.79 Å². The Kier molecular flexibility index (Phi) is 8.30. The van der Waals surface area contributed by atoms with Gasteiger partial charge in [0, 0.05) is 19.5 Å². The summed E-state index contributed by atoms with van der Waals surface area (Å²) in [6.45, 7) is 13.2. The van der Waals surface area contributed by atoms with Crippen LogP contribution in [-0.4, -0.2) is 23.9 Å². The fourth-order valence-corrected chi connectivity index (χ4v) is 2.84. The summed E-state index contributed by atoms with van der Waals surface area (Å²) in [5, 5.41) is 0. The average Bonchev–Trinajstić information content (AvgIpc) is 2.33. The van der Waals surface area contributed by atoms with Gasteiger partial charge in [-0.25, -0.2) is 0 Å². The predicted molar refractivity (Wildman–Crippen MR) is 79.5 cm³/mol. The van der Waals surface area contributed by atoms with E-state index in [0.29, 0.717) is 36.1 Å². The van der Waals surface area contributed by atoms with E-state index in [1.807, 2.05) is 11.9 Å². The molecule has 0 aromatic heterocycles. The van der Waals surface area contributed by atoms with E-state index in [2.05, 4.69) is 41.5 Å². The minimum absolute atomic E-state index is 0.308. The van der Waals surface area contributed by atoms with Gasteiger partial charge in [0.25, 0.3) is 0 Å².